The van der Waals surface area contributed by atoms with Crippen molar-refractivity contribution in [2.45, 2.75) is 32.2 Å². The fourth-order valence-corrected chi connectivity index (χ4v) is 1.61. The first kappa shape index (κ1) is 15.5. The zero-order valence-electron chi connectivity index (χ0n) is 11.9. The monoisotopic (exact) mass is 262 g/mol. The molecule has 1 N–H and O–H groups in total. The predicted octanol–water partition coefficient (Wildman–Crippen LogP) is 2.49. The predicted molar refractivity (Wildman–Crippen MR) is 75.0 cm³/mol. The Labute approximate surface area is 115 Å². The van der Waals surface area contributed by atoms with Crippen molar-refractivity contribution in [3.63, 3.8) is 0 Å². The lowest BCUT2D eigenvalue weighted by atomic mass is 10.1. The Bertz CT molecular complexity index is 407. The molecule has 0 radical (unpaired) electrons. The van der Waals surface area contributed by atoms with Crippen LogP contribution in [0, 0.1) is 11.3 Å². The summed E-state index contributed by atoms with van der Waals surface area (Å²) in [7, 11) is 1.60. The molecule has 1 rings (SSSR count). The van der Waals surface area contributed by atoms with Gasteiger partial charge in [-0.25, -0.2) is 0 Å². The van der Waals surface area contributed by atoms with E-state index in [2.05, 4.69) is 23.5 Å². The molecular formula is C15H22N2O2. The average molecular weight is 262 g/mol. The first-order valence-electron chi connectivity index (χ1n) is 6.44. The summed E-state index contributed by atoms with van der Waals surface area (Å²) >= 11 is 0. The summed E-state index contributed by atoms with van der Waals surface area (Å²) in [5.41, 5.74) is 0.819. The first-order chi connectivity index (χ1) is 9.07. The number of nitrogens with zero attached hydrogens (tertiary/aromatic N) is 1. The molecule has 19 heavy (non-hydrogen) atoms. The lowest BCUT2D eigenvalue weighted by Crippen LogP contribution is -2.38. The number of hydrogen-bond acceptors (Lipinski definition) is 4. The molecule has 104 valence electrons. The Kier molecular flexibility index (Phi) is 6.34. The van der Waals surface area contributed by atoms with E-state index >= 15 is 0 Å². The Morgan fingerprint density at radius 1 is 1.26 bits per heavy atom. The van der Waals surface area contributed by atoms with Crippen molar-refractivity contribution in [1.29, 1.82) is 5.26 Å². The average Bonchev–Trinajstić information content (AvgIpc) is 2.42. The lowest BCUT2D eigenvalue weighted by Gasteiger charge is -2.17. The molecular weight excluding hydrogens is 240 g/mol. The molecule has 0 heterocycles. The standard InChI is InChI=1S/C15H22N2O2/c1-15(2,11-16)17-10-4-5-13-6-8-14(9-7-13)19-12-18-3/h6-9,17H,4-5,10,12H2,1-3H3. The highest BCUT2D eigenvalue weighted by atomic mass is 16.7. The quantitative estimate of drug-likeness (QED) is 0.577. The summed E-state index contributed by atoms with van der Waals surface area (Å²) < 4.78 is 10.2. The minimum Gasteiger partial charge on any atom is -0.468 e. The van der Waals surface area contributed by atoms with Crippen LogP contribution in [0.1, 0.15) is 25.8 Å². The number of nitrogens with one attached hydrogen (secondary N) is 1. The van der Waals surface area contributed by atoms with Gasteiger partial charge in [-0.2, -0.15) is 5.26 Å². The van der Waals surface area contributed by atoms with Crippen LogP contribution in [-0.4, -0.2) is 26.0 Å². The number of ether oxygens (including phenoxy) is 2. The van der Waals surface area contributed by atoms with E-state index in [0.29, 0.717) is 0 Å². The van der Waals surface area contributed by atoms with Gasteiger partial charge in [-0.05, 0) is 50.9 Å². The molecule has 0 saturated carbocycles. The third-order valence-electron chi connectivity index (χ3n) is 2.76. The summed E-state index contributed by atoms with van der Waals surface area (Å²) in [5.74, 6) is 0.814. The molecule has 0 bridgehead atoms. The van der Waals surface area contributed by atoms with E-state index in [9.17, 15) is 0 Å². The molecule has 0 amide bonds. The van der Waals surface area contributed by atoms with E-state index in [1.807, 2.05) is 26.0 Å². The van der Waals surface area contributed by atoms with Gasteiger partial charge in [-0.1, -0.05) is 12.1 Å². The van der Waals surface area contributed by atoms with E-state index in [4.69, 9.17) is 14.7 Å². The largest absolute Gasteiger partial charge is 0.468 e. The summed E-state index contributed by atoms with van der Waals surface area (Å²) in [6.07, 6.45) is 1.99. The summed E-state index contributed by atoms with van der Waals surface area (Å²) in [4.78, 5) is 0. The summed E-state index contributed by atoms with van der Waals surface area (Å²) in [6, 6.07) is 10.2. The van der Waals surface area contributed by atoms with Crippen LogP contribution in [-0.2, 0) is 11.2 Å². The third-order valence-corrected chi connectivity index (χ3v) is 2.76. The molecule has 0 aromatic heterocycles. The number of benzene rings is 1. The second-order valence-electron chi connectivity index (χ2n) is 4.96. The summed E-state index contributed by atoms with van der Waals surface area (Å²) in [6.45, 7) is 4.87. The molecule has 0 aliphatic heterocycles. The molecule has 1 aromatic rings. The van der Waals surface area contributed by atoms with Crippen molar-refractivity contribution in [3.05, 3.63) is 29.8 Å². The van der Waals surface area contributed by atoms with Crippen LogP contribution in [0.4, 0.5) is 0 Å². The molecule has 0 atom stereocenters. The third kappa shape index (κ3) is 6.23. The fraction of sp³-hybridized carbons (Fsp3) is 0.533. The number of hydrogen-bond donors (Lipinski definition) is 1. The molecule has 0 aliphatic carbocycles. The lowest BCUT2D eigenvalue weighted by molar-refractivity contribution is 0.0511. The van der Waals surface area contributed by atoms with Crippen molar-refractivity contribution in [3.8, 4) is 11.8 Å². The van der Waals surface area contributed by atoms with Crippen LogP contribution in [0.5, 0.6) is 5.75 Å². The van der Waals surface area contributed by atoms with Gasteiger partial charge in [-0.3, -0.25) is 5.32 Å². The van der Waals surface area contributed by atoms with Crippen LogP contribution in [0.25, 0.3) is 0 Å². The Morgan fingerprint density at radius 2 is 1.95 bits per heavy atom. The van der Waals surface area contributed by atoms with Crippen molar-refractivity contribution in [2.75, 3.05) is 20.4 Å². The van der Waals surface area contributed by atoms with Crippen LogP contribution >= 0.6 is 0 Å². The highest BCUT2D eigenvalue weighted by molar-refractivity contribution is 5.27. The molecule has 0 spiro atoms. The number of methoxy groups -OCH3 is 1. The Morgan fingerprint density at radius 3 is 2.53 bits per heavy atom. The van der Waals surface area contributed by atoms with Crippen molar-refractivity contribution in [2.24, 2.45) is 0 Å². The number of nitriles is 1. The molecule has 0 fully saturated rings. The Hall–Kier alpha value is -1.57. The van der Waals surface area contributed by atoms with Crippen LogP contribution in [0.2, 0.25) is 0 Å². The number of rotatable bonds is 8. The van der Waals surface area contributed by atoms with E-state index in [0.717, 1.165) is 25.1 Å². The molecule has 0 unspecified atom stereocenters. The zero-order valence-corrected chi connectivity index (χ0v) is 11.9. The SMILES string of the molecule is COCOc1ccc(CCCNC(C)(C)C#N)cc1. The fourth-order valence-electron chi connectivity index (χ4n) is 1.61. The molecule has 4 heteroatoms. The van der Waals surface area contributed by atoms with E-state index in [-0.39, 0.29) is 6.79 Å². The van der Waals surface area contributed by atoms with Gasteiger partial charge in [0.1, 0.15) is 11.3 Å². The second-order valence-corrected chi connectivity index (χ2v) is 4.96. The van der Waals surface area contributed by atoms with Crippen LogP contribution in [0.3, 0.4) is 0 Å². The normalized spacial score (nSPS) is 11.1. The second kappa shape index (κ2) is 7.78. The maximum absolute atomic E-state index is 8.88. The van der Waals surface area contributed by atoms with Crippen LogP contribution < -0.4 is 10.1 Å². The zero-order chi connectivity index (χ0) is 14.1. The molecule has 0 saturated heterocycles. The Balaban J connectivity index is 2.29. The van der Waals surface area contributed by atoms with E-state index in [1.54, 1.807) is 7.11 Å². The van der Waals surface area contributed by atoms with Crippen LogP contribution in [0.15, 0.2) is 24.3 Å². The van der Waals surface area contributed by atoms with Gasteiger partial charge in [0.05, 0.1) is 6.07 Å². The maximum Gasteiger partial charge on any atom is 0.188 e. The van der Waals surface area contributed by atoms with E-state index < -0.39 is 5.54 Å². The minimum absolute atomic E-state index is 0.270. The van der Waals surface area contributed by atoms with Crippen molar-refractivity contribution < 1.29 is 9.47 Å². The first-order valence-corrected chi connectivity index (χ1v) is 6.44. The topological polar surface area (TPSA) is 54.3 Å². The highest BCUT2D eigenvalue weighted by Gasteiger charge is 2.13. The van der Waals surface area contributed by atoms with E-state index in [1.165, 1.54) is 5.56 Å². The van der Waals surface area contributed by atoms with Gasteiger partial charge in [0.25, 0.3) is 0 Å². The van der Waals surface area contributed by atoms with Gasteiger partial charge >= 0.3 is 0 Å². The summed E-state index contributed by atoms with van der Waals surface area (Å²) in [5, 5.41) is 12.1. The van der Waals surface area contributed by atoms with Crippen molar-refractivity contribution in [1.82, 2.24) is 5.32 Å². The smallest absolute Gasteiger partial charge is 0.188 e. The van der Waals surface area contributed by atoms with Gasteiger partial charge in [0.15, 0.2) is 6.79 Å². The number of aryl methyl sites for hydroxylation is 1. The van der Waals surface area contributed by atoms with Crippen molar-refractivity contribution >= 4 is 0 Å². The van der Waals surface area contributed by atoms with Gasteiger partial charge < -0.3 is 9.47 Å². The molecule has 4 nitrogen and oxygen atoms in total. The molecule has 1 aromatic carbocycles. The van der Waals surface area contributed by atoms with Gasteiger partial charge in [-0.15, -0.1) is 0 Å². The highest BCUT2D eigenvalue weighted by Crippen LogP contribution is 2.13. The molecule has 0 aliphatic rings. The maximum atomic E-state index is 8.88. The van der Waals surface area contributed by atoms with Gasteiger partial charge in [0, 0.05) is 7.11 Å². The minimum atomic E-state index is -0.447. The van der Waals surface area contributed by atoms with Gasteiger partial charge in [0.2, 0.25) is 0 Å².